The molecule has 0 saturated carbocycles. The van der Waals surface area contributed by atoms with Crippen molar-refractivity contribution in [2.75, 3.05) is 0 Å². The van der Waals surface area contributed by atoms with Crippen molar-refractivity contribution in [1.82, 2.24) is 0 Å². The summed E-state index contributed by atoms with van der Waals surface area (Å²) < 4.78 is 12.5. The Morgan fingerprint density at radius 1 is 0.895 bits per heavy atom. The average molecular weight is 317 g/mol. The van der Waals surface area contributed by atoms with Gasteiger partial charge in [0, 0.05) is 6.32 Å². The fourth-order valence-electron chi connectivity index (χ4n) is 1.59. The second kappa shape index (κ2) is 7.05. The first-order chi connectivity index (χ1) is 9.24. The first kappa shape index (κ1) is 13.7. The van der Waals surface area contributed by atoms with E-state index in [1.807, 2.05) is 60.7 Å². The summed E-state index contributed by atoms with van der Waals surface area (Å²) in [4.78, 5) is 0. The maximum absolute atomic E-state index is 5.82. The third kappa shape index (κ3) is 4.83. The first-order valence-corrected chi connectivity index (χ1v) is 6.80. The number of benzene rings is 2. The van der Waals surface area contributed by atoms with Gasteiger partial charge >= 0.3 is 7.12 Å². The van der Waals surface area contributed by atoms with Crippen LogP contribution in [0.5, 0.6) is 11.5 Å². The molecule has 0 heterocycles. The highest BCUT2D eigenvalue weighted by Crippen LogP contribution is 2.19. The van der Waals surface area contributed by atoms with E-state index in [-0.39, 0.29) is 0 Å². The van der Waals surface area contributed by atoms with Crippen LogP contribution in [-0.4, -0.2) is 7.12 Å². The molecule has 0 saturated heterocycles. The fraction of sp³-hybridized carbons (Fsp3) is 0.0667. The molecule has 0 atom stereocenters. The minimum absolute atomic E-state index is 0.406. The van der Waals surface area contributed by atoms with E-state index < -0.39 is 7.12 Å². The number of hydrogen-bond acceptors (Lipinski definition) is 2. The van der Waals surface area contributed by atoms with Crippen molar-refractivity contribution in [3.05, 3.63) is 71.7 Å². The Morgan fingerprint density at radius 2 is 1.32 bits per heavy atom. The van der Waals surface area contributed by atoms with Crippen molar-refractivity contribution in [2.24, 2.45) is 0 Å². The Labute approximate surface area is 122 Å². The second-order valence-electron chi connectivity index (χ2n) is 4.01. The highest BCUT2D eigenvalue weighted by Gasteiger charge is 2.23. The zero-order valence-electron chi connectivity index (χ0n) is 10.5. The number of rotatable bonds is 6. The topological polar surface area (TPSA) is 18.5 Å². The van der Waals surface area contributed by atoms with Gasteiger partial charge in [-0.3, -0.25) is 0 Å². The molecule has 19 heavy (non-hydrogen) atoms. The summed E-state index contributed by atoms with van der Waals surface area (Å²) in [6, 6.07) is 19.2. The summed E-state index contributed by atoms with van der Waals surface area (Å²) in [5.74, 6) is 1.55. The Kier molecular flexibility index (Phi) is 5.10. The van der Waals surface area contributed by atoms with E-state index >= 15 is 0 Å². The fourth-order valence-corrected chi connectivity index (χ4v) is 1.85. The molecule has 0 bridgehead atoms. The van der Waals surface area contributed by atoms with Crippen LogP contribution in [0.15, 0.2) is 71.7 Å². The second-order valence-corrected chi connectivity index (χ2v) is 5.13. The molecule has 0 amide bonds. The molecule has 2 nitrogen and oxygen atoms in total. The molecule has 2 aromatic rings. The molecule has 0 spiro atoms. The van der Waals surface area contributed by atoms with Gasteiger partial charge in [0.05, 0.1) is 0 Å². The van der Waals surface area contributed by atoms with E-state index in [0.717, 1.165) is 16.0 Å². The highest BCUT2D eigenvalue weighted by atomic mass is 79.9. The van der Waals surface area contributed by atoms with E-state index in [0.29, 0.717) is 6.32 Å². The molecule has 2 rings (SSSR count). The van der Waals surface area contributed by atoms with E-state index in [4.69, 9.17) is 9.31 Å². The lowest BCUT2D eigenvalue weighted by molar-refractivity contribution is 0.425. The van der Waals surface area contributed by atoms with Crippen molar-refractivity contribution in [3.8, 4) is 11.5 Å². The van der Waals surface area contributed by atoms with Crippen LogP contribution < -0.4 is 9.31 Å². The standard InChI is InChI=1S/C15H14BBrO2/c1-13(17)12-16(18-14-8-4-2-5-9-14)19-15-10-6-3-7-11-15/h2-11H,1,12H2. The van der Waals surface area contributed by atoms with Crippen LogP contribution in [-0.2, 0) is 0 Å². The molecule has 96 valence electrons. The summed E-state index contributed by atoms with van der Waals surface area (Å²) in [7, 11) is -0.406. The lowest BCUT2D eigenvalue weighted by Crippen LogP contribution is -2.29. The molecule has 0 radical (unpaired) electrons. The number of hydrogen-bond donors (Lipinski definition) is 0. The van der Waals surface area contributed by atoms with Gasteiger partial charge in [-0.2, -0.15) is 0 Å². The van der Waals surface area contributed by atoms with E-state index in [1.54, 1.807) is 0 Å². The molecular weight excluding hydrogens is 303 g/mol. The van der Waals surface area contributed by atoms with Gasteiger partial charge < -0.3 is 9.31 Å². The highest BCUT2D eigenvalue weighted by molar-refractivity contribution is 9.11. The van der Waals surface area contributed by atoms with Crippen LogP contribution in [0.4, 0.5) is 0 Å². The van der Waals surface area contributed by atoms with Gasteiger partial charge in [0.2, 0.25) is 0 Å². The van der Waals surface area contributed by atoms with Gasteiger partial charge in [-0.05, 0) is 28.7 Å². The molecular formula is C15H14BBrO2. The zero-order chi connectivity index (χ0) is 13.5. The maximum Gasteiger partial charge on any atom is 0.599 e. The van der Waals surface area contributed by atoms with Gasteiger partial charge in [0.15, 0.2) is 0 Å². The Bertz CT molecular complexity index is 475. The third-order valence-electron chi connectivity index (χ3n) is 2.41. The minimum Gasteiger partial charge on any atom is -0.526 e. The summed E-state index contributed by atoms with van der Waals surface area (Å²) in [5.41, 5.74) is 0. The third-order valence-corrected chi connectivity index (χ3v) is 2.73. The first-order valence-electron chi connectivity index (χ1n) is 6.01. The summed E-state index contributed by atoms with van der Waals surface area (Å²) in [6.45, 7) is 3.83. The minimum atomic E-state index is -0.406. The van der Waals surface area contributed by atoms with Crippen LogP contribution in [0.1, 0.15) is 0 Å². The molecule has 2 aromatic carbocycles. The maximum atomic E-state index is 5.82. The zero-order valence-corrected chi connectivity index (χ0v) is 12.0. The van der Waals surface area contributed by atoms with Gasteiger partial charge in [0.1, 0.15) is 11.5 Å². The molecule has 4 heteroatoms. The lowest BCUT2D eigenvalue weighted by Gasteiger charge is -2.16. The molecule has 0 fully saturated rings. The van der Waals surface area contributed by atoms with Crippen LogP contribution >= 0.6 is 15.9 Å². The average Bonchev–Trinajstić information content (AvgIpc) is 2.40. The lowest BCUT2D eigenvalue weighted by atomic mass is 9.84. The van der Waals surface area contributed by atoms with Gasteiger partial charge in [-0.25, -0.2) is 0 Å². The van der Waals surface area contributed by atoms with Crippen molar-refractivity contribution in [1.29, 1.82) is 0 Å². The number of allylic oxidation sites excluding steroid dienone is 1. The predicted octanol–water partition coefficient (Wildman–Crippen LogP) is 4.54. The van der Waals surface area contributed by atoms with E-state index in [1.165, 1.54) is 0 Å². The quantitative estimate of drug-likeness (QED) is 0.728. The molecule has 0 aromatic heterocycles. The predicted molar refractivity (Wildman–Crippen MR) is 82.8 cm³/mol. The largest absolute Gasteiger partial charge is 0.599 e. The van der Waals surface area contributed by atoms with E-state index in [9.17, 15) is 0 Å². The van der Waals surface area contributed by atoms with Crippen molar-refractivity contribution in [2.45, 2.75) is 6.32 Å². The monoisotopic (exact) mass is 316 g/mol. The van der Waals surface area contributed by atoms with Crippen LogP contribution in [0.2, 0.25) is 6.32 Å². The Balaban J connectivity index is 2.06. The molecule has 0 aliphatic rings. The van der Waals surface area contributed by atoms with Crippen LogP contribution in [0.25, 0.3) is 0 Å². The normalized spacial score (nSPS) is 9.74. The molecule has 0 aliphatic carbocycles. The molecule has 0 N–H and O–H groups in total. The van der Waals surface area contributed by atoms with Crippen LogP contribution in [0.3, 0.4) is 0 Å². The number of para-hydroxylation sites is 2. The summed E-state index contributed by atoms with van der Waals surface area (Å²) in [6.07, 6.45) is 0.573. The SMILES string of the molecule is C=C(Br)CB(Oc1ccccc1)Oc1ccccc1. The van der Waals surface area contributed by atoms with Crippen molar-refractivity contribution in [3.63, 3.8) is 0 Å². The van der Waals surface area contributed by atoms with Crippen molar-refractivity contribution < 1.29 is 9.31 Å². The smallest absolute Gasteiger partial charge is 0.526 e. The van der Waals surface area contributed by atoms with Gasteiger partial charge in [-0.1, -0.05) is 58.9 Å². The Morgan fingerprint density at radius 3 is 1.68 bits per heavy atom. The van der Waals surface area contributed by atoms with Crippen molar-refractivity contribution >= 4 is 23.0 Å². The van der Waals surface area contributed by atoms with Crippen LogP contribution in [0, 0.1) is 0 Å². The molecule has 0 unspecified atom stereocenters. The summed E-state index contributed by atoms with van der Waals surface area (Å²) >= 11 is 3.35. The van der Waals surface area contributed by atoms with E-state index in [2.05, 4.69) is 22.5 Å². The van der Waals surface area contributed by atoms with Gasteiger partial charge in [-0.15, -0.1) is 0 Å². The van der Waals surface area contributed by atoms with Gasteiger partial charge in [0.25, 0.3) is 0 Å². The summed E-state index contributed by atoms with van der Waals surface area (Å²) in [5, 5.41) is 0. The Hall–Kier alpha value is -1.68. The number of halogens is 1. The molecule has 0 aliphatic heterocycles.